The average Bonchev–Trinajstić information content (AvgIpc) is 3.39. The number of halogens is 4. The highest BCUT2D eigenvalue weighted by Crippen LogP contribution is 2.36. The van der Waals surface area contributed by atoms with Crippen LogP contribution in [-0.4, -0.2) is 17.9 Å². The third kappa shape index (κ3) is 4.35. The summed E-state index contributed by atoms with van der Waals surface area (Å²) in [6.45, 7) is 0. The van der Waals surface area contributed by atoms with Gasteiger partial charge in [0.1, 0.15) is 0 Å². The number of alkyl halides is 3. The van der Waals surface area contributed by atoms with Crippen LogP contribution in [-0.2, 0) is 6.18 Å². The van der Waals surface area contributed by atoms with Gasteiger partial charge in [-0.1, -0.05) is 11.6 Å². The Morgan fingerprint density at radius 1 is 0.962 bits per heavy atom. The number of hydrogen-bond donors (Lipinski definition) is 2. The Balaban J connectivity index is 1.75. The molecule has 2 N–H and O–H groups in total. The van der Waals surface area contributed by atoms with Crippen LogP contribution < -0.4 is 10.6 Å². The number of hydrogen-bond acceptors (Lipinski definition) is 2. The quantitative estimate of drug-likeness (QED) is 0.817. The number of benzene rings is 2. The van der Waals surface area contributed by atoms with Crippen LogP contribution in [0.1, 0.15) is 39.1 Å². The van der Waals surface area contributed by atoms with Crippen LogP contribution in [0.25, 0.3) is 0 Å². The molecule has 1 saturated carbocycles. The van der Waals surface area contributed by atoms with Crippen molar-refractivity contribution in [3.05, 3.63) is 64.2 Å². The predicted octanol–water partition coefficient (Wildman–Crippen LogP) is 4.50. The molecule has 0 atom stereocenters. The zero-order valence-electron chi connectivity index (χ0n) is 13.4. The van der Waals surface area contributed by atoms with Gasteiger partial charge in [0, 0.05) is 22.2 Å². The van der Waals surface area contributed by atoms with Gasteiger partial charge >= 0.3 is 6.18 Å². The third-order valence-corrected chi connectivity index (χ3v) is 4.09. The lowest BCUT2D eigenvalue weighted by Crippen LogP contribution is -2.25. The molecule has 0 heterocycles. The minimum Gasteiger partial charge on any atom is -0.349 e. The Morgan fingerprint density at radius 2 is 1.54 bits per heavy atom. The molecule has 0 saturated heterocycles. The molecule has 136 valence electrons. The molecule has 26 heavy (non-hydrogen) atoms. The monoisotopic (exact) mass is 382 g/mol. The first-order valence-electron chi connectivity index (χ1n) is 7.83. The van der Waals surface area contributed by atoms with Gasteiger partial charge in [0.25, 0.3) is 11.8 Å². The summed E-state index contributed by atoms with van der Waals surface area (Å²) in [5.41, 5.74) is -0.895. The zero-order chi connectivity index (χ0) is 18.9. The standard InChI is InChI=1S/C18H14ClF3N2O2/c19-12-5-8-15(14(9-12)18(20,21)22)24-17(26)11-3-1-10(2-4-11)16(25)23-13-6-7-13/h1-5,8-9,13H,6-7H2,(H,23,25)(H,24,26). The summed E-state index contributed by atoms with van der Waals surface area (Å²) in [5.74, 6) is -0.955. The lowest BCUT2D eigenvalue weighted by atomic mass is 10.1. The van der Waals surface area contributed by atoms with Gasteiger partial charge in [0.15, 0.2) is 0 Å². The van der Waals surface area contributed by atoms with E-state index in [2.05, 4.69) is 10.6 Å². The van der Waals surface area contributed by atoms with Crippen LogP contribution >= 0.6 is 11.6 Å². The molecule has 3 rings (SSSR count). The highest BCUT2D eigenvalue weighted by atomic mass is 35.5. The van der Waals surface area contributed by atoms with Crippen LogP contribution in [0.5, 0.6) is 0 Å². The van der Waals surface area contributed by atoms with E-state index in [0.29, 0.717) is 5.56 Å². The second-order valence-electron chi connectivity index (χ2n) is 5.97. The Morgan fingerprint density at radius 3 is 2.08 bits per heavy atom. The second kappa shape index (κ2) is 6.99. The van der Waals surface area contributed by atoms with Gasteiger partial charge in [0.05, 0.1) is 11.3 Å². The van der Waals surface area contributed by atoms with Gasteiger partial charge in [-0.15, -0.1) is 0 Å². The zero-order valence-corrected chi connectivity index (χ0v) is 14.1. The first-order valence-corrected chi connectivity index (χ1v) is 8.21. The molecule has 2 aromatic carbocycles. The molecule has 1 aliphatic carbocycles. The molecule has 1 fully saturated rings. The molecule has 0 bridgehead atoms. The molecule has 0 radical (unpaired) electrons. The predicted molar refractivity (Wildman–Crippen MR) is 91.3 cm³/mol. The van der Waals surface area contributed by atoms with E-state index < -0.39 is 17.6 Å². The van der Waals surface area contributed by atoms with Crippen LogP contribution in [0.4, 0.5) is 18.9 Å². The van der Waals surface area contributed by atoms with Gasteiger partial charge in [-0.25, -0.2) is 0 Å². The van der Waals surface area contributed by atoms with E-state index in [0.717, 1.165) is 25.0 Å². The molecule has 8 heteroatoms. The maximum atomic E-state index is 13.1. The number of carbonyl (C=O) groups excluding carboxylic acids is 2. The van der Waals surface area contributed by atoms with Crippen LogP contribution in [0, 0.1) is 0 Å². The Labute approximate surface area is 152 Å². The van der Waals surface area contributed by atoms with Crippen molar-refractivity contribution in [1.82, 2.24) is 5.32 Å². The van der Waals surface area contributed by atoms with Gasteiger partial charge < -0.3 is 10.6 Å². The fourth-order valence-electron chi connectivity index (χ4n) is 2.32. The van der Waals surface area contributed by atoms with Crippen molar-refractivity contribution in [3.63, 3.8) is 0 Å². The molecular weight excluding hydrogens is 369 g/mol. The fraction of sp³-hybridized carbons (Fsp3) is 0.222. The topological polar surface area (TPSA) is 58.2 Å². The van der Waals surface area contributed by atoms with Gasteiger partial charge in [-0.3, -0.25) is 9.59 Å². The molecule has 0 aliphatic heterocycles. The summed E-state index contributed by atoms with van der Waals surface area (Å²) in [6.07, 6.45) is -2.75. The van der Waals surface area contributed by atoms with E-state index in [1.54, 1.807) is 0 Å². The van der Waals surface area contributed by atoms with E-state index in [1.165, 1.54) is 30.3 Å². The summed E-state index contributed by atoms with van der Waals surface area (Å²) < 4.78 is 39.2. The van der Waals surface area contributed by atoms with Crippen molar-refractivity contribution in [2.45, 2.75) is 25.1 Å². The average molecular weight is 383 g/mol. The molecule has 2 aromatic rings. The van der Waals surface area contributed by atoms with Crippen LogP contribution in [0.15, 0.2) is 42.5 Å². The summed E-state index contributed by atoms with van der Waals surface area (Å²) in [4.78, 5) is 24.1. The van der Waals surface area contributed by atoms with Gasteiger partial charge in [0.2, 0.25) is 0 Å². The molecule has 0 spiro atoms. The first kappa shape index (κ1) is 18.3. The van der Waals surface area contributed by atoms with Crippen molar-refractivity contribution in [2.24, 2.45) is 0 Å². The SMILES string of the molecule is O=C(Nc1ccc(Cl)cc1C(F)(F)F)c1ccc(C(=O)NC2CC2)cc1. The fourth-order valence-corrected chi connectivity index (χ4v) is 2.50. The maximum absolute atomic E-state index is 13.1. The molecule has 0 aromatic heterocycles. The van der Waals surface area contributed by atoms with E-state index in [4.69, 9.17) is 11.6 Å². The Bertz CT molecular complexity index is 847. The lowest BCUT2D eigenvalue weighted by molar-refractivity contribution is -0.136. The molecule has 2 amide bonds. The van der Waals surface area contributed by atoms with Crippen molar-refractivity contribution in [3.8, 4) is 0 Å². The minimum absolute atomic E-state index is 0.0821. The van der Waals surface area contributed by atoms with E-state index in [1.807, 2.05) is 0 Å². The van der Waals surface area contributed by atoms with Crippen molar-refractivity contribution in [1.29, 1.82) is 0 Å². The normalized spacial score (nSPS) is 14.0. The van der Waals surface area contributed by atoms with E-state index >= 15 is 0 Å². The summed E-state index contributed by atoms with van der Waals surface area (Å²) >= 11 is 5.61. The Hall–Kier alpha value is -2.54. The molecule has 0 unspecified atom stereocenters. The highest BCUT2D eigenvalue weighted by Gasteiger charge is 2.34. The molecule has 4 nitrogen and oxygen atoms in total. The third-order valence-electron chi connectivity index (χ3n) is 3.86. The largest absolute Gasteiger partial charge is 0.418 e. The van der Waals surface area contributed by atoms with E-state index in [9.17, 15) is 22.8 Å². The number of carbonyl (C=O) groups is 2. The number of rotatable bonds is 4. The number of nitrogens with one attached hydrogen (secondary N) is 2. The van der Waals surface area contributed by atoms with Crippen LogP contribution in [0.3, 0.4) is 0 Å². The summed E-state index contributed by atoms with van der Waals surface area (Å²) in [5, 5.41) is 4.96. The molecule has 1 aliphatic rings. The first-order chi connectivity index (χ1) is 12.2. The van der Waals surface area contributed by atoms with E-state index in [-0.39, 0.29) is 28.2 Å². The van der Waals surface area contributed by atoms with Crippen molar-refractivity contribution in [2.75, 3.05) is 5.32 Å². The summed E-state index contributed by atoms with van der Waals surface area (Å²) in [7, 11) is 0. The number of anilines is 1. The lowest BCUT2D eigenvalue weighted by Gasteiger charge is -2.14. The molecular formula is C18H14ClF3N2O2. The number of amides is 2. The van der Waals surface area contributed by atoms with Gasteiger partial charge in [-0.2, -0.15) is 13.2 Å². The summed E-state index contributed by atoms with van der Waals surface area (Å²) in [6, 6.07) is 9.01. The Kier molecular flexibility index (Phi) is 4.91. The van der Waals surface area contributed by atoms with Crippen molar-refractivity contribution >= 4 is 29.1 Å². The maximum Gasteiger partial charge on any atom is 0.418 e. The van der Waals surface area contributed by atoms with Gasteiger partial charge in [-0.05, 0) is 55.3 Å². The second-order valence-corrected chi connectivity index (χ2v) is 6.40. The minimum atomic E-state index is -4.65. The van der Waals surface area contributed by atoms with Crippen LogP contribution in [0.2, 0.25) is 5.02 Å². The van der Waals surface area contributed by atoms with Crippen molar-refractivity contribution < 1.29 is 22.8 Å². The highest BCUT2D eigenvalue weighted by molar-refractivity contribution is 6.30. The smallest absolute Gasteiger partial charge is 0.349 e.